The molecule has 0 spiro atoms. The van der Waals surface area contributed by atoms with Crippen LogP contribution in [-0.2, 0) is 23.1 Å². The van der Waals surface area contributed by atoms with Crippen LogP contribution in [0.3, 0.4) is 0 Å². The number of anilines is 1. The van der Waals surface area contributed by atoms with Crippen molar-refractivity contribution >= 4 is 17.6 Å². The number of aromatic carboxylic acids is 1. The molecule has 1 aliphatic carbocycles. The van der Waals surface area contributed by atoms with Gasteiger partial charge >= 0.3 is 11.9 Å². The number of carboxylic acids is 1. The molecule has 0 radical (unpaired) electrons. The van der Waals surface area contributed by atoms with Gasteiger partial charge in [-0.05, 0) is 56.8 Å². The van der Waals surface area contributed by atoms with Gasteiger partial charge in [-0.3, -0.25) is 9.48 Å². The summed E-state index contributed by atoms with van der Waals surface area (Å²) in [4.78, 5) is 27.7. The van der Waals surface area contributed by atoms with E-state index in [1.54, 1.807) is 30.3 Å². The van der Waals surface area contributed by atoms with Crippen molar-refractivity contribution in [2.45, 2.75) is 37.8 Å². The van der Waals surface area contributed by atoms with Crippen LogP contribution in [0.15, 0.2) is 54.4 Å². The smallest absolute Gasteiger partial charge is 0.335 e. The minimum absolute atomic E-state index is 0.133. The number of aryl methyl sites for hydroxylation is 1. The lowest BCUT2D eigenvalue weighted by Crippen LogP contribution is -2.53. The highest BCUT2D eigenvalue weighted by atomic mass is 16.6. The van der Waals surface area contributed by atoms with E-state index < -0.39 is 11.6 Å². The van der Waals surface area contributed by atoms with Crippen molar-refractivity contribution in [2.24, 2.45) is 7.05 Å². The number of aliphatic hydroxyl groups is 1. The van der Waals surface area contributed by atoms with Crippen LogP contribution in [0.4, 0.5) is 5.69 Å². The monoisotopic (exact) mass is 480 g/mol. The minimum atomic E-state index is -0.978. The highest BCUT2D eigenvalue weighted by Crippen LogP contribution is 2.30. The molecule has 2 N–H and O–H groups in total. The van der Waals surface area contributed by atoms with Crippen molar-refractivity contribution in [2.75, 3.05) is 31.6 Å². The van der Waals surface area contributed by atoms with Gasteiger partial charge in [-0.1, -0.05) is 6.08 Å². The molecule has 0 saturated carbocycles. The molecule has 9 nitrogen and oxygen atoms in total. The molecular formula is C26H32N4O5. The van der Waals surface area contributed by atoms with Crippen molar-refractivity contribution < 1.29 is 24.5 Å². The van der Waals surface area contributed by atoms with Crippen molar-refractivity contribution in [3.8, 4) is 0 Å². The van der Waals surface area contributed by atoms with E-state index in [1.165, 1.54) is 0 Å². The van der Waals surface area contributed by atoms with E-state index in [4.69, 9.17) is 9.84 Å². The second kappa shape index (κ2) is 9.95. The molecule has 2 atom stereocenters. The molecule has 2 aromatic rings. The van der Waals surface area contributed by atoms with Gasteiger partial charge < -0.3 is 24.7 Å². The maximum atomic E-state index is 12.4. The second-order valence-corrected chi connectivity index (χ2v) is 9.66. The number of benzene rings is 1. The fraction of sp³-hybridized carbons (Fsp3) is 0.423. The van der Waals surface area contributed by atoms with Gasteiger partial charge in [0.2, 0.25) is 0 Å². The first kappa shape index (κ1) is 24.5. The molecule has 4 rings (SSSR count). The average molecular weight is 481 g/mol. The van der Waals surface area contributed by atoms with Gasteiger partial charge in [-0.2, -0.15) is 5.10 Å². The van der Waals surface area contributed by atoms with Gasteiger partial charge in [0, 0.05) is 49.9 Å². The third kappa shape index (κ3) is 5.92. The Hall–Kier alpha value is -3.59. The Kier molecular flexibility index (Phi) is 6.98. The van der Waals surface area contributed by atoms with Gasteiger partial charge in [0.25, 0.3) is 0 Å². The van der Waals surface area contributed by atoms with E-state index in [-0.39, 0.29) is 29.8 Å². The third-order valence-electron chi connectivity index (χ3n) is 6.52. The Morgan fingerprint density at radius 3 is 2.71 bits per heavy atom. The van der Waals surface area contributed by atoms with Crippen molar-refractivity contribution in [3.05, 3.63) is 71.3 Å². The summed E-state index contributed by atoms with van der Waals surface area (Å²) >= 11 is 0. The van der Waals surface area contributed by atoms with E-state index in [1.807, 2.05) is 48.9 Å². The molecule has 1 aromatic carbocycles. The molecule has 1 aromatic heterocycles. The average Bonchev–Trinajstić information content (AvgIpc) is 3.17. The van der Waals surface area contributed by atoms with Crippen molar-refractivity contribution in [1.82, 2.24) is 14.7 Å². The fourth-order valence-electron chi connectivity index (χ4n) is 4.68. The van der Waals surface area contributed by atoms with Crippen LogP contribution in [0.2, 0.25) is 0 Å². The maximum Gasteiger partial charge on any atom is 0.335 e. The van der Waals surface area contributed by atoms with Crippen LogP contribution < -0.4 is 4.90 Å². The lowest BCUT2D eigenvalue weighted by atomic mass is 9.94. The Balaban J connectivity index is 1.38. The summed E-state index contributed by atoms with van der Waals surface area (Å²) in [7, 11) is 3.95. The first-order chi connectivity index (χ1) is 16.6. The van der Waals surface area contributed by atoms with E-state index >= 15 is 0 Å². The molecule has 1 aliphatic heterocycles. The standard InChI is InChI=1S/C26H32N4O5/c1-26(17-30(16-23(32)35-26)21-8-4-19(5-9-21)25(33)34)12-13-28(2)14-20-15-29(3)27-24(20)18-6-10-22(31)11-7-18/h4-6,8-11,15,18,31H,7,12-14,16-17H2,1-3H3,(H,33,34). The first-order valence-electron chi connectivity index (χ1n) is 11.7. The molecule has 186 valence electrons. The summed E-state index contributed by atoms with van der Waals surface area (Å²) in [5, 5.41) is 23.4. The van der Waals surface area contributed by atoms with E-state index in [2.05, 4.69) is 10.00 Å². The van der Waals surface area contributed by atoms with Crippen LogP contribution in [0.5, 0.6) is 0 Å². The Bertz CT molecular complexity index is 1150. The lowest BCUT2D eigenvalue weighted by molar-refractivity contribution is -0.160. The van der Waals surface area contributed by atoms with Gasteiger partial charge in [0.15, 0.2) is 0 Å². The largest absolute Gasteiger partial charge is 0.508 e. The molecule has 0 amide bonds. The summed E-state index contributed by atoms with van der Waals surface area (Å²) < 4.78 is 7.59. The molecule has 35 heavy (non-hydrogen) atoms. The maximum absolute atomic E-state index is 12.4. The third-order valence-corrected chi connectivity index (χ3v) is 6.52. The van der Waals surface area contributed by atoms with Crippen LogP contribution in [0.25, 0.3) is 0 Å². The summed E-state index contributed by atoms with van der Waals surface area (Å²) in [5.41, 5.74) is 2.48. The molecule has 2 aliphatic rings. The van der Waals surface area contributed by atoms with Crippen LogP contribution in [-0.4, -0.2) is 69.1 Å². The molecule has 9 heteroatoms. The zero-order chi connectivity index (χ0) is 25.2. The van der Waals surface area contributed by atoms with Crippen molar-refractivity contribution in [1.29, 1.82) is 0 Å². The number of esters is 1. The number of aliphatic hydroxyl groups excluding tert-OH is 1. The highest BCUT2D eigenvalue weighted by Gasteiger charge is 2.37. The molecule has 0 bridgehead atoms. The zero-order valence-corrected chi connectivity index (χ0v) is 20.3. The number of aromatic nitrogens is 2. The molecular weight excluding hydrogens is 448 g/mol. The first-order valence-corrected chi connectivity index (χ1v) is 11.7. The second-order valence-electron chi connectivity index (χ2n) is 9.66. The highest BCUT2D eigenvalue weighted by molar-refractivity contribution is 5.88. The normalized spacial score (nSPS) is 22.3. The summed E-state index contributed by atoms with van der Waals surface area (Å²) in [6, 6.07) is 6.56. The zero-order valence-electron chi connectivity index (χ0n) is 20.3. The number of cyclic esters (lactones) is 1. The van der Waals surface area contributed by atoms with Crippen molar-refractivity contribution in [3.63, 3.8) is 0 Å². The van der Waals surface area contributed by atoms with Crippen LogP contribution in [0.1, 0.15) is 47.3 Å². The van der Waals surface area contributed by atoms with Gasteiger partial charge in [-0.15, -0.1) is 0 Å². The number of nitrogens with zero attached hydrogens (tertiary/aromatic N) is 4. The van der Waals surface area contributed by atoms with Crippen LogP contribution >= 0.6 is 0 Å². The molecule has 2 heterocycles. The molecule has 1 fully saturated rings. The van der Waals surface area contributed by atoms with Gasteiger partial charge in [-0.25, -0.2) is 4.79 Å². The number of carbonyl (C=O) groups excluding carboxylic acids is 1. The number of rotatable bonds is 8. The Morgan fingerprint density at radius 2 is 2.06 bits per heavy atom. The number of carboxylic acid groups (broad SMARTS) is 1. The van der Waals surface area contributed by atoms with E-state index in [0.29, 0.717) is 32.5 Å². The molecule has 2 unspecified atom stereocenters. The SMILES string of the molecule is CN(CCC1(C)CN(c2ccc(C(=O)O)cc2)CC(=O)O1)Cc1cn(C)nc1C1C=CC(O)=CC1. The summed E-state index contributed by atoms with van der Waals surface area (Å²) in [5.74, 6) is -0.849. The predicted octanol–water partition coefficient (Wildman–Crippen LogP) is 3.25. The Labute approximate surface area is 204 Å². The predicted molar refractivity (Wildman–Crippen MR) is 131 cm³/mol. The number of ether oxygens (including phenoxy) is 1. The number of carbonyl (C=O) groups is 2. The molecule has 1 saturated heterocycles. The van der Waals surface area contributed by atoms with Crippen LogP contribution in [0, 0.1) is 0 Å². The quantitative estimate of drug-likeness (QED) is 0.555. The van der Waals surface area contributed by atoms with E-state index in [0.717, 1.165) is 16.9 Å². The fourth-order valence-corrected chi connectivity index (χ4v) is 4.68. The summed E-state index contributed by atoms with van der Waals surface area (Å²) in [6.45, 7) is 4.02. The lowest BCUT2D eigenvalue weighted by Gasteiger charge is -2.41. The van der Waals surface area contributed by atoms with E-state index in [9.17, 15) is 14.7 Å². The summed E-state index contributed by atoms with van der Waals surface area (Å²) in [6.07, 6.45) is 8.91. The van der Waals surface area contributed by atoms with Gasteiger partial charge in [0.05, 0.1) is 17.8 Å². The van der Waals surface area contributed by atoms with Gasteiger partial charge in [0.1, 0.15) is 17.9 Å². The minimum Gasteiger partial charge on any atom is -0.508 e. The Morgan fingerprint density at radius 1 is 1.31 bits per heavy atom. The number of allylic oxidation sites excluding steroid dienone is 3. The number of hydrogen-bond acceptors (Lipinski definition) is 7. The number of morpholine rings is 1. The topological polar surface area (TPSA) is 108 Å². The number of hydrogen-bond donors (Lipinski definition) is 2.